The second kappa shape index (κ2) is 16.8. The van der Waals surface area contributed by atoms with Gasteiger partial charge in [0.15, 0.2) is 0 Å². The Morgan fingerprint density at radius 3 is 1.63 bits per heavy atom. The molecule has 2 aliphatic carbocycles. The van der Waals surface area contributed by atoms with Gasteiger partial charge in [0.05, 0.1) is 0 Å². The second-order valence-corrected chi connectivity index (χ2v) is 28.3. The summed E-state index contributed by atoms with van der Waals surface area (Å²) >= 11 is 0. The third kappa shape index (κ3) is 7.75. The number of para-hydroxylation sites is 1. The second-order valence-electron chi connectivity index (χ2n) is 28.3. The molecule has 0 fully saturated rings. The molecule has 0 amide bonds. The average Bonchev–Trinajstić information content (AvgIpc) is 1.60. The minimum atomic E-state index is -2.43. The first-order valence-electron chi connectivity index (χ1n) is 30.1. The van der Waals surface area contributed by atoms with Crippen LogP contribution in [0.4, 0.5) is 51.2 Å². The largest absolute Gasteiger partial charge is 0.456 e. The molecule has 8 aromatic carbocycles. The summed E-state index contributed by atoms with van der Waals surface area (Å²) in [6.45, 7) is 32.4. The number of anilines is 9. The molecule has 0 saturated carbocycles. The summed E-state index contributed by atoms with van der Waals surface area (Å²) < 4.78 is 34.8. The molecule has 1 aromatic heterocycles. The summed E-state index contributed by atoms with van der Waals surface area (Å²) in [6, 6.07) is 54.0. The molecule has 0 unspecified atom stereocenters. The molecule has 0 atom stereocenters. The smallest absolute Gasteiger partial charge is 0.252 e. The SMILES string of the molecule is [2H]C([2H])([2H])c1cc2c3c(c1)N(c1cc4c(cc1C)C(C)(C)CC4(C)C)c1cc4c(cc1B3c1ccc(N(c3ccc(C(C)(C)C)cc3)c3ccc(C(C)(C)C)cc3)cc1N2c1ccc2c(c1)oc1ccccc12)C(C)(C)CCC4(C)C. The fourth-order valence-corrected chi connectivity index (χ4v) is 14.6. The summed E-state index contributed by atoms with van der Waals surface area (Å²) in [5, 5.41) is 2.10. The Morgan fingerprint density at radius 2 is 1.01 bits per heavy atom. The van der Waals surface area contributed by atoms with E-state index in [1.807, 2.05) is 24.3 Å². The molecule has 4 nitrogen and oxygen atoms in total. The minimum Gasteiger partial charge on any atom is -0.456 e. The maximum atomic E-state index is 9.35. The van der Waals surface area contributed by atoms with Crippen LogP contribution >= 0.6 is 0 Å². The van der Waals surface area contributed by atoms with Crippen molar-refractivity contribution in [2.24, 2.45) is 0 Å². The van der Waals surface area contributed by atoms with Crippen molar-refractivity contribution in [1.82, 2.24) is 0 Å². The van der Waals surface area contributed by atoms with Gasteiger partial charge in [0.25, 0.3) is 6.71 Å². The van der Waals surface area contributed by atoms with Gasteiger partial charge in [-0.2, -0.15) is 0 Å². The lowest BCUT2D eigenvalue weighted by Crippen LogP contribution is -2.62. The summed E-state index contributed by atoms with van der Waals surface area (Å²) in [6.07, 6.45) is 3.20. The first-order valence-corrected chi connectivity index (χ1v) is 28.6. The molecule has 2 aliphatic heterocycles. The van der Waals surface area contributed by atoms with E-state index >= 15 is 0 Å². The standard InChI is InChI=1S/C73H78BN3O/c1-44-35-63-67-64(36-44)77(60-41-57-54(37-45(60)2)72(13,14)43-73(57,15)16)62-42-56-55(70(9,10)33-34-71(56,11)12)40-59(62)74(67)58-32-30-50(38-61(58)76(63)51-29-31-53-52-19-17-18-20-65(52)78-66(53)39-51)75(48-25-21-46(22-26-48)68(3,4)5)49-27-23-47(24-28-49)69(6,7)8/h17-32,35-42H,33-34,43H2,1-16H3/i1D3. The van der Waals surface area contributed by atoms with Crippen LogP contribution in [-0.4, -0.2) is 6.71 Å². The molecule has 4 aliphatic rings. The molecule has 3 heterocycles. The van der Waals surface area contributed by atoms with Gasteiger partial charge in [-0.15, -0.1) is 0 Å². The van der Waals surface area contributed by atoms with Crippen molar-refractivity contribution in [3.8, 4) is 0 Å². The van der Waals surface area contributed by atoms with E-state index in [1.54, 1.807) is 0 Å². The molecule has 78 heavy (non-hydrogen) atoms. The number of benzene rings is 8. The molecule has 0 saturated heterocycles. The lowest BCUT2D eigenvalue weighted by atomic mass is 9.33. The summed E-state index contributed by atoms with van der Waals surface area (Å²) in [7, 11) is 0. The predicted molar refractivity (Wildman–Crippen MR) is 335 cm³/mol. The highest BCUT2D eigenvalue weighted by atomic mass is 16.3. The number of rotatable bonds is 5. The molecule has 13 rings (SSSR count). The van der Waals surface area contributed by atoms with E-state index in [9.17, 15) is 4.11 Å². The molecule has 9 aromatic rings. The Morgan fingerprint density at radius 1 is 0.487 bits per heavy atom. The summed E-state index contributed by atoms with van der Waals surface area (Å²) in [5.74, 6) is 0. The fraction of sp³-hybridized carbons (Fsp3) is 0.342. The number of hydrogen-bond acceptors (Lipinski definition) is 4. The van der Waals surface area contributed by atoms with E-state index in [4.69, 9.17) is 4.42 Å². The van der Waals surface area contributed by atoms with Crippen LogP contribution in [0.1, 0.15) is 165 Å². The Labute approximate surface area is 469 Å². The van der Waals surface area contributed by atoms with Gasteiger partial charge in [0.2, 0.25) is 0 Å². The zero-order valence-electron chi connectivity index (χ0n) is 51.8. The number of nitrogens with zero attached hydrogens (tertiary/aromatic N) is 3. The van der Waals surface area contributed by atoms with E-state index < -0.39 is 6.85 Å². The molecule has 5 heteroatoms. The summed E-state index contributed by atoms with van der Waals surface area (Å²) in [5.41, 5.74) is 23.4. The Bertz CT molecular complexity index is 4010. The lowest BCUT2D eigenvalue weighted by Gasteiger charge is -2.48. The molecular weight excluding hydrogens is 946 g/mol. The van der Waals surface area contributed by atoms with Crippen LogP contribution in [0.3, 0.4) is 0 Å². The normalized spacial score (nSPS) is 18.1. The van der Waals surface area contributed by atoms with Gasteiger partial charge >= 0.3 is 0 Å². The van der Waals surface area contributed by atoms with Gasteiger partial charge in [0, 0.05) is 72.1 Å². The highest BCUT2D eigenvalue weighted by Gasteiger charge is 2.48. The monoisotopic (exact) mass is 1030 g/mol. The maximum Gasteiger partial charge on any atom is 0.252 e. The fourth-order valence-electron chi connectivity index (χ4n) is 14.6. The quantitative estimate of drug-likeness (QED) is 0.160. The average molecular weight is 1030 g/mol. The number of furan rings is 1. The molecule has 0 radical (unpaired) electrons. The highest BCUT2D eigenvalue weighted by Crippen LogP contribution is 2.55. The molecule has 0 N–H and O–H groups in total. The number of hydrogen-bond donors (Lipinski definition) is 0. The Kier molecular flexibility index (Phi) is 10.1. The van der Waals surface area contributed by atoms with Crippen LogP contribution < -0.4 is 31.1 Å². The van der Waals surface area contributed by atoms with Crippen LogP contribution in [-0.2, 0) is 32.5 Å². The van der Waals surface area contributed by atoms with Gasteiger partial charge in [-0.05, 0) is 205 Å². The van der Waals surface area contributed by atoms with E-state index in [-0.39, 0.29) is 39.2 Å². The van der Waals surface area contributed by atoms with Crippen molar-refractivity contribution in [3.63, 3.8) is 0 Å². The van der Waals surface area contributed by atoms with Crippen LogP contribution in [0.5, 0.6) is 0 Å². The van der Waals surface area contributed by atoms with Crippen molar-refractivity contribution < 1.29 is 8.53 Å². The van der Waals surface area contributed by atoms with E-state index in [1.165, 1.54) is 44.4 Å². The Balaban J connectivity index is 1.14. The van der Waals surface area contributed by atoms with Gasteiger partial charge in [-0.3, -0.25) is 0 Å². The first kappa shape index (κ1) is 47.1. The Hall–Kier alpha value is -6.98. The topological polar surface area (TPSA) is 22.9 Å². The number of aryl methyl sites for hydroxylation is 2. The van der Waals surface area contributed by atoms with E-state index in [0.29, 0.717) is 5.56 Å². The van der Waals surface area contributed by atoms with Crippen molar-refractivity contribution in [1.29, 1.82) is 0 Å². The minimum absolute atomic E-state index is 0.00733. The maximum absolute atomic E-state index is 9.35. The van der Waals surface area contributed by atoms with Crippen molar-refractivity contribution >= 4 is 96.2 Å². The van der Waals surface area contributed by atoms with Crippen molar-refractivity contribution in [3.05, 3.63) is 190 Å². The molecule has 0 bridgehead atoms. The zero-order valence-corrected chi connectivity index (χ0v) is 48.8. The van der Waals surface area contributed by atoms with Crippen LogP contribution in [0.2, 0.25) is 0 Å². The van der Waals surface area contributed by atoms with Crippen molar-refractivity contribution in [2.45, 2.75) is 162 Å². The number of fused-ring (bicyclic) bond motifs is 9. The van der Waals surface area contributed by atoms with Crippen LogP contribution in [0, 0.1) is 13.8 Å². The van der Waals surface area contributed by atoms with Gasteiger partial charge in [-0.1, -0.05) is 158 Å². The summed E-state index contributed by atoms with van der Waals surface area (Å²) in [4.78, 5) is 7.23. The third-order valence-corrected chi connectivity index (χ3v) is 18.8. The van der Waals surface area contributed by atoms with E-state index in [2.05, 4.69) is 240 Å². The zero-order chi connectivity index (χ0) is 57.5. The van der Waals surface area contributed by atoms with Gasteiger partial charge < -0.3 is 19.1 Å². The lowest BCUT2D eigenvalue weighted by molar-refractivity contribution is 0.332. The highest BCUT2D eigenvalue weighted by molar-refractivity contribution is 7.00. The van der Waals surface area contributed by atoms with E-state index in [0.717, 1.165) is 103 Å². The van der Waals surface area contributed by atoms with Gasteiger partial charge in [0.1, 0.15) is 11.2 Å². The van der Waals surface area contributed by atoms with Crippen molar-refractivity contribution in [2.75, 3.05) is 14.7 Å². The third-order valence-electron chi connectivity index (χ3n) is 18.8. The van der Waals surface area contributed by atoms with Crippen LogP contribution in [0.25, 0.3) is 21.9 Å². The molecule has 394 valence electrons. The predicted octanol–water partition coefficient (Wildman–Crippen LogP) is 18.7. The first-order chi connectivity index (χ1) is 37.9. The van der Waals surface area contributed by atoms with Crippen LogP contribution in [0.15, 0.2) is 150 Å². The van der Waals surface area contributed by atoms with Gasteiger partial charge in [-0.25, -0.2) is 0 Å². The molecule has 0 spiro atoms. The molecular formula is C73H78BN3O.